The Balaban J connectivity index is 1.92. The highest BCUT2D eigenvalue weighted by Crippen LogP contribution is 2.16. The average Bonchev–Trinajstić information content (AvgIpc) is 2.50. The van der Waals surface area contributed by atoms with Gasteiger partial charge in [-0.15, -0.1) is 0 Å². The van der Waals surface area contributed by atoms with Gasteiger partial charge >= 0.3 is 5.97 Å². The van der Waals surface area contributed by atoms with Crippen LogP contribution >= 0.6 is 0 Å². The molecule has 9 heteroatoms. The molecule has 0 aliphatic carbocycles. The minimum absolute atomic E-state index is 0.232. The van der Waals surface area contributed by atoms with E-state index in [1.54, 1.807) is 24.3 Å². The smallest absolute Gasteiger partial charge is 0.335 e. The van der Waals surface area contributed by atoms with Crippen LogP contribution < -0.4 is 4.72 Å². The molecule has 0 bridgehead atoms. The SMILES string of the molecule is CN(C)S(=O)(=O)N[C@@H]1CCN(Cc2ccc(C(=O)O)cc2)C[C@H]1O. The van der Waals surface area contributed by atoms with E-state index in [1.165, 1.54) is 14.1 Å². The van der Waals surface area contributed by atoms with Crippen molar-refractivity contribution in [2.75, 3.05) is 27.2 Å². The molecule has 8 nitrogen and oxygen atoms in total. The number of aliphatic hydroxyl groups is 1. The van der Waals surface area contributed by atoms with Crippen molar-refractivity contribution in [2.45, 2.75) is 25.1 Å². The second kappa shape index (κ2) is 7.58. The number of β-amino-alcohol motifs (C(OH)–C–C–N with tert-alkyl or cyclic N) is 1. The molecule has 1 aliphatic heterocycles. The van der Waals surface area contributed by atoms with E-state index in [2.05, 4.69) is 4.72 Å². The summed E-state index contributed by atoms with van der Waals surface area (Å²) in [6.07, 6.45) is -0.298. The first-order chi connectivity index (χ1) is 11.2. The molecule has 1 aliphatic rings. The maximum absolute atomic E-state index is 11.8. The number of likely N-dealkylation sites (tertiary alicyclic amines) is 1. The van der Waals surface area contributed by atoms with Crippen LogP contribution in [0.1, 0.15) is 22.3 Å². The lowest BCUT2D eigenvalue weighted by Gasteiger charge is -2.36. The number of carbonyl (C=O) groups is 1. The van der Waals surface area contributed by atoms with Gasteiger partial charge in [0.25, 0.3) is 10.2 Å². The van der Waals surface area contributed by atoms with Crippen LogP contribution in [0.5, 0.6) is 0 Å². The Bertz CT molecular complexity index is 675. The predicted octanol–water partition coefficient (Wildman–Crippen LogP) is -0.284. The Morgan fingerprint density at radius 3 is 2.46 bits per heavy atom. The first-order valence-electron chi connectivity index (χ1n) is 7.61. The lowest BCUT2D eigenvalue weighted by molar-refractivity contribution is 0.0441. The van der Waals surface area contributed by atoms with Gasteiger partial charge < -0.3 is 10.2 Å². The number of rotatable bonds is 6. The van der Waals surface area contributed by atoms with Gasteiger partial charge in [0.1, 0.15) is 0 Å². The molecule has 24 heavy (non-hydrogen) atoms. The van der Waals surface area contributed by atoms with Crippen molar-refractivity contribution in [3.05, 3.63) is 35.4 Å². The van der Waals surface area contributed by atoms with Crippen molar-refractivity contribution in [2.24, 2.45) is 0 Å². The van der Waals surface area contributed by atoms with Crippen molar-refractivity contribution in [1.82, 2.24) is 13.9 Å². The maximum atomic E-state index is 11.8. The molecule has 1 fully saturated rings. The minimum Gasteiger partial charge on any atom is -0.478 e. The molecule has 2 rings (SSSR count). The van der Waals surface area contributed by atoms with Crippen molar-refractivity contribution in [3.63, 3.8) is 0 Å². The van der Waals surface area contributed by atoms with Crippen LogP contribution in [0.4, 0.5) is 0 Å². The second-order valence-electron chi connectivity index (χ2n) is 6.10. The fourth-order valence-corrected chi connectivity index (χ4v) is 3.45. The molecular formula is C15H23N3O5S. The van der Waals surface area contributed by atoms with E-state index in [9.17, 15) is 18.3 Å². The van der Waals surface area contributed by atoms with Crippen LogP contribution in [-0.2, 0) is 16.8 Å². The average molecular weight is 357 g/mol. The summed E-state index contributed by atoms with van der Waals surface area (Å²) in [6.45, 7) is 1.56. The van der Waals surface area contributed by atoms with Gasteiger partial charge in [0.2, 0.25) is 0 Å². The Hall–Kier alpha value is -1.52. The Labute approximate surface area is 141 Å². The number of carboxylic acids is 1. The third kappa shape index (κ3) is 4.74. The number of aliphatic hydroxyl groups excluding tert-OH is 1. The normalized spacial score (nSPS) is 22.7. The number of nitrogens with zero attached hydrogens (tertiary/aromatic N) is 2. The zero-order chi connectivity index (χ0) is 17.9. The number of hydrogen-bond donors (Lipinski definition) is 3. The fourth-order valence-electron chi connectivity index (χ4n) is 2.59. The van der Waals surface area contributed by atoms with Crippen LogP contribution in [-0.4, -0.2) is 73.1 Å². The molecule has 0 spiro atoms. The first kappa shape index (κ1) is 18.8. The second-order valence-corrected chi connectivity index (χ2v) is 8.02. The summed E-state index contributed by atoms with van der Waals surface area (Å²) in [5.41, 5.74) is 1.18. The van der Waals surface area contributed by atoms with E-state index in [-0.39, 0.29) is 5.56 Å². The van der Waals surface area contributed by atoms with Crippen LogP contribution in [0.15, 0.2) is 24.3 Å². The standard InChI is InChI=1S/C15H23N3O5S/c1-17(2)24(22,23)16-13-7-8-18(10-14(13)19)9-11-3-5-12(6-4-11)15(20)21/h3-6,13-14,16,19H,7-10H2,1-2H3,(H,20,21)/t13-,14-/m1/s1. The van der Waals surface area contributed by atoms with Crippen molar-refractivity contribution in [1.29, 1.82) is 0 Å². The highest BCUT2D eigenvalue weighted by molar-refractivity contribution is 7.87. The van der Waals surface area contributed by atoms with Crippen LogP contribution in [0.25, 0.3) is 0 Å². The quantitative estimate of drug-likeness (QED) is 0.646. The third-order valence-electron chi connectivity index (χ3n) is 4.05. The van der Waals surface area contributed by atoms with Gasteiger partial charge in [-0.1, -0.05) is 12.1 Å². The van der Waals surface area contributed by atoms with E-state index in [0.717, 1.165) is 9.87 Å². The monoisotopic (exact) mass is 357 g/mol. The molecule has 1 aromatic rings. The summed E-state index contributed by atoms with van der Waals surface area (Å²) < 4.78 is 27.3. The lowest BCUT2D eigenvalue weighted by Crippen LogP contribution is -2.55. The molecular weight excluding hydrogens is 334 g/mol. The number of nitrogens with one attached hydrogen (secondary N) is 1. The summed E-state index contributed by atoms with van der Waals surface area (Å²) in [5.74, 6) is -0.967. The number of piperidine rings is 1. The zero-order valence-corrected chi connectivity index (χ0v) is 14.5. The highest BCUT2D eigenvalue weighted by atomic mass is 32.2. The molecule has 0 radical (unpaired) electrons. The van der Waals surface area contributed by atoms with Crippen LogP contribution in [0.2, 0.25) is 0 Å². The maximum Gasteiger partial charge on any atom is 0.335 e. The lowest BCUT2D eigenvalue weighted by atomic mass is 10.0. The van der Waals surface area contributed by atoms with E-state index >= 15 is 0 Å². The molecule has 1 saturated heterocycles. The molecule has 2 atom stereocenters. The van der Waals surface area contributed by atoms with E-state index < -0.39 is 28.3 Å². The first-order valence-corrected chi connectivity index (χ1v) is 9.05. The number of benzene rings is 1. The van der Waals surface area contributed by atoms with E-state index in [1.807, 2.05) is 4.90 Å². The number of carboxylic acid groups (broad SMARTS) is 1. The minimum atomic E-state index is -3.57. The Morgan fingerprint density at radius 1 is 1.33 bits per heavy atom. The highest BCUT2D eigenvalue weighted by Gasteiger charge is 2.31. The molecule has 0 amide bonds. The topological polar surface area (TPSA) is 110 Å². The van der Waals surface area contributed by atoms with Gasteiger partial charge in [-0.25, -0.2) is 4.79 Å². The number of aromatic carboxylic acids is 1. The molecule has 0 aromatic heterocycles. The predicted molar refractivity (Wildman–Crippen MR) is 88.8 cm³/mol. The fraction of sp³-hybridized carbons (Fsp3) is 0.533. The van der Waals surface area contributed by atoms with Crippen molar-refractivity contribution in [3.8, 4) is 0 Å². The van der Waals surface area contributed by atoms with Gasteiger partial charge in [-0.2, -0.15) is 17.4 Å². The van der Waals surface area contributed by atoms with Gasteiger partial charge in [0, 0.05) is 33.7 Å². The molecule has 0 unspecified atom stereocenters. The summed E-state index contributed by atoms with van der Waals surface area (Å²) in [5, 5.41) is 19.1. The summed E-state index contributed by atoms with van der Waals surface area (Å²) in [4.78, 5) is 12.9. The van der Waals surface area contributed by atoms with Crippen molar-refractivity contribution >= 4 is 16.2 Å². The Morgan fingerprint density at radius 2 is 1.96 bits per heavy atom. The van der Waals surface area contributed by atoms with E-state index in [0.29, 0.717) is 26.1 Å². The zero-order valence-electron chi connectivity index (χ0n) is 13.7. The van der Waals surface area contributed by atoms with Gasteiger partial charge in [0.05, 0.1) is 17.7 Å². The summed E-state index contributed by atoms with van der Waals surface area (Å²) in [6, 6.07) is 6.08. The van der Waals surface area contributed by atoms with Crippen molar-refractivity contribution < 1.29 is 23.4 Å². The molecule has 134 valence electrons. The number of hydrogen-bond acceptors (Lipinski definition) is 5. The third-order valence-corrected chi connectivity index (χ3v) is 5.62. The summed E-state index contributed by atoms with van der Waals surface area (Å²) >= 11 is 0. The summed E-state index contributed by atoms with van der Waals surface area (Å²) in [7, 11) is -0.701. The van der Waals surface area contributed by atoms with Crippen LogP contribution in [0, 0.1) is 0 Å². The Kier molecular flexibility index (Phi) is 5.94. The van der Waals surface area contributed by atoms with Crippen LogP contribution in [0.3, 0.4) is 0 Å². The molecule has 3 N–H and O–H groups in total. The molecule has 1 aromatic carbocycles. The van der Waals surface area contributed by atoms with Gasteiger partial charge in [0.15, 0.2) is 0 Å². The molecule has 1 heterocycles. The van der Waals surface area contributed by atoms with E-state index in [4.69, 9.17) is 5.11 Å². The van der Waals surface area contributed by atoms with Gasteiger partial charge in [-0.3, -0.25) is 4.90 Å². The van der Waals surface area contributed by atoms with Gasteiger partial charge in [-0.05, 0) is 24.1 Å². The largest absolute Gasteiger partial charge is 0.478 e. The molecule has 0 saturated carbocycles.